The van der Waals surface area contributed by atoms with Gasteiger partial charge in [-0.1, -0.05) is 18.9 Å². The van der Waals surface area contributed by atoms with Gasteiger partial charge in [0.1, 0.15) is 11.9 Å². The van der Waals surface area contributed by atoms with Crippen molar-refractivity contribution in [2.45, 2.75) is 62.0 Å². The summed E-state index contributed by atoms with van der Waals surface area (Å²) in [6.45, 7) is 0.741. The Kier molecular flexibility index (Phi) is 7.39. The molecule has 1 aliphatic carbocycles. The van der Waals surface area contributed by atoms with Crippen molar-refractivity contribution < 1.29 is 35.9 Å². The molecule has 2 aromatic rings. The zero-order valence-corrected chi connectivity index (χ0v) is 19.8. The number of alkyl halides is 3. The van der Waals surface area contributed by atoms with Gasteiger partial charge in [0.15, 0.2) is 0 Å². The lowest BCUT2D eigenvalue weighted by Crippen LogP contribution is -2.32. The van der Waals surface area contributed by atoms with Crippen LogP contribution < -0.4 is 9.88 Å². The summed E-state index contributed by atoms with van der Waals surface area (Å²) in [4.78, 5) is 14.7. The first-order valence-electron chi connectivity index (χ1n) is 11.4. The van der Waals surface area contributed by atoms with Crippen molar-refractivity contribution in [2.24, 2.45) is 5.14 Å². The molecule has 0 spiro atoms. The molecular weight excluding hydrogens is 485 g/mol. The van der Waals surface area contributed by atoms with E-state index in [1.165, 1.54) is 29.2 Å². The SMILES string of the molecule is NS(=O)(=O)c1ccc(COC2CCCC2)c(C(=O)N2CCC(Oc3ccc(C(F)(F)F)cc3)C2)c1. The van der Waals surface area contributed by atoms with E-state index < -0.39 is 27.9 Å². The summed E-state index contributed by atoms with van der Waals surface area (Å²) in [5.41, 5.74) is 0.00118. The minimum Gasteiger partial charge on any atom is -0.489 e. The van der Waals surface area contributed by atoms with E-state index in [-0.39, 0.29) is 41.4 Å². The molecule has 0 aromatic heterocycles. The van der Waals surface area contributed by atoms with Crippen molar-refractivity contribution in [1.29, 1.82) is 0 Å². The van der Waals surface area contributed by atoms with Crippen molar-refractivity contribution in [3.63, 3.8) is 0 Å². The smallest absolute Gasteiger partial charge is 0.416 e. The van der Waals surface area contributed by atoms with E-state index in [2.05, 4.69) is 0 Å². The average Bonchev–Trinajstić information content (AvgIpc) is 3.48. The molecular formula is C24H27F3N2O5S. The number of amides is 1. The van der Waals surface area contributed by atoms with Crippen molar-refractivity contribution in [2.75, 3.05) is 13.1 Å². The third-order valence-corrected chi connectivity index (χ3v) is 7.24. The van der Waals surface area contributed by atoms with E-state index in [1.54, 1.807) is 6.07 Å². The first kappa shape index (κ1) is 25.5. The monoisotopic (exact) mass is 512 g/mol. The molecule has 1 saturated heterocycles. The van der Waals surface area contributed by atoms with Gasteiger partial charge in [0.2, 0.25) is 10.0 Å². The van der Waals surface area contributed by atoms with Crippen LogP contribution in [0.2, 0.25) is 0 Å². The number of halogens is 3. The lowest BCUT2D eigenvalue weighted by atomic mass is 10.1. The number of hydrogen-bond donors (Lipinski definition) is 1. The summed E-state index contributed by atoms with van der Waals surface area (Å²) in [7, 11) is -4.01. The fourth-order valence-electron chi connectivity index (χ4n) is 4.41. The van der Waals surface area contributed by atoms with Gasteiger partial charge >= 0.3 is 6.18 Å². The summed E-state index contributed by atoms with van der Waals surface area (Å²) in [6, 6.07) is 8.58. The summed E-state index contributed by atoms with van der Waals surface area (Å²) < 4.78 is 73.8. The molecule has 2 aliphatic rings. The lowest BCUT2D eigenvalue weighted by Gasteiger charge is -2.20. The summed E-state index contributed by atoms with van der Waals surface area (Å²) in [5.74, 6) is -0.0989. The van der Waals surface area contributed by atoms with Gasteiger partial charge in [-0.3, -0.25) is 4.79 Å². The van der Waals surface area contributed by atoms with Crippen LogP contribution >= 0.6 is 0 Å². The van der Waals surface area contributed by atoms with Gasteiger partial charge in [-0.25, -0.2) is 13.6 Å². The maximum absolute atomic E-state index is 13.4. The highest BCUT2D eigenvalue weighted by atomic mass is 32.2. The summed E-state index contributed by atoms with van der Waals surface area (Å²) in [6.07, 6.45) is -0.153. The molecule has 35 heavy (non-hydrogen) atoms. The third-order valence-electron chi connectivity index (χ3n) is 6.33. The number of primary sulfonamides is 1. The third kappa shape index (κ3) is 6.33. The Labute approximate surface area is 202 Å². The van der Waals surface area contributed by atoms with Crippen LogP contribution in [0.25, 0.3) is 0 Å². The van der Waals surface area contributed by atoms with E-state index >= 15 is 0 Å². The molecule has 2 N–H and O–H groups in total. The molecule has 2 aromatic carbocycles. The maximum atomic E-state index is 13.4. The second-order valence-electron chi connectivity index (χ2n) is 8.88. The molecule has 7 nitrogen and oxygen atoms in total. The zero-order chi connectivity index (χ0) is 25.2. The topological polar surface area (TPSA) is 98.9 Å². The van der Waals surface area contributed by atoms with Crippen LogP contribution in [0.15, 0.2) is 47.4 Å². The Balaban J connectivity index is 1.46. The van der Waals surface area contributed by atoms with Crippen molar-refractivity contribution in [3.8, 4) is 5.75 Å². The molecule has 0 bridgehead atoms. The van der Waals surface area contributed by atoms with E-state index in [0.717, 1.165) is 37.8 Å². The van der Waals surface area contributed by atoms with Crippen LogP contribution in [0.5, 0.6) is 5.75 Å². The van der Waals surface area contributed by atoms with Crippen molar-refractivity contribution in [3.05, 3.63) is 59.2 Å². The number of rotatable bonds is 7. The Morgan fingerprint density at radius 1 is 1.03 bits per heavy atom. The van der Waals surface area contributed by atoms with Crippen molar-refractivity contribution >= 4 is 15.9 Å². The molecule has 1 heterocycles. The van der Waals surface area contributed by atoms with Crippen LogP contribution in [-0.4, -0.2) is 44.5 Å². The zero-order valence-electron chi connectivity index (χ0n) is 19.0. The second-order valence-corrected chi connectivity index (χ2v) is 10.4. The van der Waals surface area contributed by atoms with Gasteiger partial charge in [0.05, 0.1) is 29.7 Å². The number of nitrogens with zero attached hydrogens (tertiary/aromatic N) is 1. The van der Waals surface area contributed by atoms with Gasteiger partial charge in [-0.15, -0.1) is 0 Å². The number of carbonyl (C=O) groups excluding carboxylic acids is 1. The van der Waals surface area contributed by atoms with E-state index in [1.807, 2.05) is 0 Å². The van der Waals surface area contributed by atoms with E-state index in [0.29, 0.717) is 18.5 Å². The van der Waals surface area contributed by atoms with Crippen LogP contribution in [0, 0.1) is 0 Å². The summed E-state index contributed by atoms with van der Waals surface area (Å²) >= 11 is 0. The predicted molar refractivity (Wildman–Crippen MR) is 121 cm³/mol. The van der Waals surface area contributed by atoms with Crippen LogP contribution in [-0.2, 0) is 27.5 Å². The Morgan fingerprint density at radius 2 is 1.71 bits per heavy atom. The number of nitrogens with two attached hydrogens (primary N) is 1. The largest absolute Gasteiger partial charge is 0.489 e. The van der Waals surface area contributed by atoms with E-state index in [9.17, 15) is 26.4 Å². The fourth-order valence-corrected chi connectivity index (χ4v) is 4.95. The molecule has 1 amide bonds. The lowest BCUT2D eigenvalue weighted by molar-refractivity contribution is -0.137. The number of carbonyl (C=O) groups is 1. The van der Waals surface area contributed by atoms with Gasteiger partial charge < -0.3 is 14.4 Å². The molecule has 190 valence electrons. The molecule has 1 atom stereocenters. The van der Waals surface area contributed by atoms with Gasteiger partial charge in [-0.2, -0.15) is 13.2 Å². The fraction of sp³-hybridized carbons (Fsp3) is 0.458. The molecule has 1 aliphatic heterocycles. The Bertz CT molecular complexity index is 1160. The normalized spacial score (nSPS) is 19.3. The minimum absolute atomic E-state index is 0.115. The highest BCUT2D eigenvalue weighted by Crippen LogP contribution is 2.31. The van der Waals surface area contributed by atoms with Gasteiger partial charge in [0.25, 0.3) is 5.91 Å². The van der Waals surface area contributed by atoms with Crippen LogP contribution in [0.1, 0.15) is 53.6 Å². The van der Waals surface area contributed by atoms with Crippen LogP contribution in [0.3, 0.4) is 0 Å². The number of sulfonamides is 1. The Morgan fingerprint density at radius 3 is 2.34 bits per heavy atom. The second kappa shape index (κ2) is 10.2. The molecule has 1 saturated carbocycles. The number of likely N-dealkylation sites (tertiary alicyclic amines) is 1. The quantitative estimate of drug-likeness (QED) is 0.602. The maximum Gasteiger partial charge on any atom is 0.416 e. The molecule has 1 unspecified atom stereocenters. The first-order chi connectivity index (χ1) is 16.5. The number of benzene rings is 2. The predicted octanol–water partition coefficient (Wildman–Crippen LogP) is 4.11. The van der Waals surface area contributed by atoms with Gasteiger partial charge in [-0.05, 0) is 54.8 Å². The average molecular weight is 513 g/mol. The summed E-state index contributed by atoms with van der Waals surface area (Å²) in [5, 5.41) is 5.27. The minimum atomic E-state index is -4.43. The standard InChI is InChI=1S/C24H27F3N2O5S/c25-24(26,27)17-6-8-19(9-7-17)34-20-11-12-29(14-20)23(30)22-13-21(35(28,31)32)10-5-16(22)15-33-18-3-1-2-4-18/h5-10,13,18,20H,1-4,11-12,14-15H2,(H2,28,31,32). The Hall–Kier alpha value is -2.63. The van der Waals surface area contributed by atoms with Crippen molar-refractivity contribution in [1.82, 2.24) is 4.90 Å². The molecule has 2 fully saturated rings. The first-order valence-corrected chi connectivity index (χ1v) is 13.0. The highest BCUT2D eigenvalue weighted by Gasteiger charge is 2.32. The molecule has 11 heteroatoms. The van der Waals surface area contributed by atoms with Crippen LogP contribution in [0.4, 0.5) is 13.2 Å². The van der Waals surface area contributed by atoms with Gasteiger partial charge in [0, 0.05) is 18.5 Å². The molecule has 4 rings (SSSR count). The number of hydrogen-bond acceptors (Lipinski definition) is 5. The highest BCUT2D eigenvalue weighted by molar-refractivity contribution is 7.89. The van der Waals surface area contributed by atoms with E-state index in [4.69, 9.17) is 14.6 Å². The number of ether oxygens (including phenoxy) is 2. The molecule has 0 radical (unpaired) electrons.